The second-order valence-corrected chi connectivity index (χ2v) is 5.51. The molecule has 0 aliphatic rings. The summed E-state index contributed by atoms with van der Waals surface area (Å²) in [5.74, 6) is -1.19. The molecule has 0 aromatic heterocycles. The fraction of sp³-hybridized carbons (Fsp3) is 0.222. The molecule has 2 aromatic rings. The Kier molecular flexibility index (Phi) is 5.80. The van der Waals surface area contributed by atoms with E-state index < -0.39 is 30.0 Å². The van der Waals surface area contributed by atoms with Crippen LogP contribution in [-0.2, 0) is 22.3 Å². The van der Waals surface area contributed by atoms with Crippen LogP contribution in [0.1, 0.15) is 23.1 Å². The molecular weight excluding hydrogens is 333 g/mol. The average molecular weight is 350 g/mol. The second-order valence-electron chi connectivity index (χ2n) is 5.51. The van der Waals surface area contributed by atoms with Gasteiger partial charge in [0, 0.05) is 12.2 Å². The van der Waals surface area contributed by atoms with Crippen LogP contribution in [0.15, 0.2) is 48.5 Å². The predicted octanol–water partition coefficient (Wildman–Crippen LogP) is 3.66. The number of benzene rings is 2. The first-order chi connectivity index (χ1) is 11.8. The van der Waals surface area contributed by atoms with Gasteiger partial charge in [-0.25, -0.2) is 0 Å². The molecular formula is C18H17F3N2O2. The fourth-order valence-electron chi connectivity index (χ4n) is 2.19. The number of alkyl halides is 3. The van der Waals surface area contributed by atoms with Gasteiger partial charge in [0.05, 0.1) is 5.56 Å². The molecule has 0 heterocycles. The smallest absolute Gasteiger partial charge is 0.352 e. The van der Waals surface area contributed by atoms with E-state index in [0.29, 0.717) is 0 Å². The van der Waals surface area contributed by atoms with Gasteiger partial charge in [-0.3, -0.25) is 9.59 Å². The number of nitrogens with one attached hydrogen (secondary N) is 2. The number of amides is 2. The molecule has 132 valence electrons. The standard InChI is InChI=1S/C18H17F3N2O2/c1-12-5-2-3-6-13(12)11-22-16(24)10-17(25)23-15-8-4-7-14(9-15)18(19,20)21/h2-9H,10-11H2,1H3,(H,22,24)(H,23,25). The van der Waals surface area contributed by atoms with E-state index in [1.807, 2.05) is 31.2 Å². The molecule has 0 saturated carbocycles. The summed E-state index contributed by atoms with van der Waals surface area (Å²) in [6.45, 7) is 2.18. The number of carbonyl (C=O) groups is 2. The Bertz CT molecular complexity index is 773. The molecule has 0 aliphatic carbocycles. The number of hydrogen-bond donors (Lipinski definition) is 2. The number of hydrogen-bond acceptors (Lipinski definition) is 2. The lowest BCUT2D eigenvalue weighted by Gasteiger charge is -2.10. The number of carbonyl (C=O) groups excluding carboxylic acids is 2. The zero-order valence-corrected chi connectivity index (χ0v) is 13.5. The van der Waals surface area contributed by atoms with E-state index in [0.717, 1.165) is 23.3 Å². The largest absolute Gasteiger partial charge is 0.416 e. The summed E-state index contributed by atoms with van der Waals surface area (Å²) in [4.78, 5) is 23.6. The number of rotatable bonds is 5. The summed E-state index contributed by atoms with van der Waals surface area (Å²) in [7, 11) is 0. The molecule has 0 atom stereocenters. The molecule has 2 N–H and O–H groups in total. The molecule has 25 heavy (non-hydrogen) atoms. The van der Waals surface area contributed by atoms with E-state index >= 15 is 0 Å². The van der Waals surface area contributed by atoms with E-state index in [1.54, 1.807) is 0 Å². The van der Waals surface area contributed by atoms with Gasteiger partial charge >= 0.3 is 6.18 Å². The van der Waals surface area contributed by atoms with Gasteiger partial charge in [0.2, 0.25) is 11.8 Å². The van der Waals surface area contributed by atoms with Gasteiger partial charge in [-0.2, -0.15) is 13.2 Å². The maximum absolute atomic E-state index is 12.6. The van der Waals surface area contributed by atoms with Gasteiger partial charge < -0.3 is 10.6 Å². The van der Waals surface area contributed by atoms with Crippen LogP contribution in [0.5, 0.6) is 0 Å². The van der Waals surface area contributed by atoms with Crippen molar-refractivity contribution in [1.82, 2.24) is 5.32 Å². The molecule has 0 aliphatic heterocycles. The Balaban J connectivity index is 1.88. The summed E-state index contributed by atoms with van der Waals surface area (Å²) in [5.41, 5.74) is 1.06. The Morgan fingerprint density at radius 2 is 1.72 bits per heavy atom. The van der Waals surface area contributed by atoms with Gasteiger partial charge in [-0.1, -0.05) is 30.3 Å². The van der Waals surface area contributed by atoms with E-state index in [1.165, 1.54) is 12.1 Å². The topological polar surface area (TPSA) is 58.2 Å². The van der Waals surface area contributed by atoms with E-state index in [9.17, 15) is 22.8 Å². The van der Waals surface area contributed by atoms with Crippen molar-refractivity contribution in [2.24, 2.45) is 0 Å². The Labute approximate surface area is 143 Å². The van der Waals surface area contributed by atoms with Crippen molar-refractivity contribution >= 4 is 17.5 Å². The number of aryl methyl sites for hydroxylation is 1. The molecule has 0 radical (unpaired) electrons. The molecule has 2 amide bonds. The Morgan fingerprint density at radius 3 is 2.40 bits per heavy atom. The maximum Gasteiger partial charge on any atom is 0.416 e. The Morgan fingerprint density at radius 1 is 1.00 bits per heavy atom. The van der Waals surface area contributed by atoms with Gasteiger partial charge in [-0.15, -0.1) is 0 Å². The third kappa shape index (κ3) is 5.63. The highest BCUT2D eigenvalue weighted by Crippen LogP contribution is 2.30. The summed E-state index contributed by atoms with van der Waals surface area (Å²) in [5, 5.41) is 4.91. The van der Waals surface area contributed by atoms with Crippen LogP contribution < -0.4 is 10.6 Å². The molecule has 0 spiro atoms. The molecule has 2 rings (SSSR count). The highest BCUT2D eigenvalue weighted by Gasteiger charge is 2.30. The molecule has 0 fully saturated rings. The number of anilines is 1. The first-order valence-corrected chi connectivity index (χ1v) is 7.54. The van der Waals surface area contributed by atoms with Gasteiger partial charge in [0.1, 0.15) is 6.42 Å². The van der Waals surface area contributed by atoms with Crippen LogP contribution in [0.4, 0.5) is 18.9 Å². The zero-order chi connectivity index (χ0) is 18.4. The normalized spacial score (nSPS) is 11.0. The van der Waals surface area contributed by atoms with Crippen LogP contribution >= 0.6 is 0 Å². The van der Waals surface area contributed by atoms with Crippen molar-refractivity contribution in [3.63, 3.8) is 0 Å². The Hall–Kier alpha value is -2.83. The maximum atomic E-state index is 12.6. The minimum atomic E-state index is -4.49. The first kappa shape index (κ1) is 18.5. The van der Waals surface area contributed by atoms with Crippen molar-refractivity contribution in [3.05, 3.63) is 65.2 Å². The molecule has 7 heteroatoms. The van der Waals surface area contributed by atoms with Crippen LogP contribution in [0.3, 0.4) is 0 Å². The first-order valence-electron chi connectivity index (χ1n) is 7.54. The predicted molar refractivity (Wildman–Crippen MR) is 87.7 cm³/mol. The zero-order valence-electron chi connectivity index (χ0n) is 13.5. The van der Waals surface area contributed by atoms with Crippen LogP contribution in [-0.4, -0.2) is 11.8 Å². The van der Waals surface area contributed by atoms with Crippen LogP contribution in [0, 0.1) is 6.92 Å². The summed E-state index contributed by atoms with van der Waals surface area (Å²) in [6.07, 6.45) is -4.96. The van der Waals surface area contributed by atoms with Crippen molar-refractivity contribution in [2.45, 2.75) is 26.1 Å². The minimum Gasteiger partial charge on any atom is -0.352 e. The average Bonchev–Trinajstić information content (AvgIpc) is 2.53. The molecule has 2 aromatic carbocycles. The van der Waals surface area contributed by atoms with Crippen LogP contribution in [0.25, 0.3) is 0 Å². The van der Waals surface area contributed by atoms with Crippen molar-refractivity contribution < 1.29 is 22.8 Å². The highest BCUT2D eigenvalue weighted by molar-refractivity contribution is 6.03. The monoisotopic (exact) mass is 350 g/mol. The summed E-state index contributed by atoms with van der Waals surface area (Å²) in [6, 6.07) is 11.7. The van der Waals surface area contributed by atoms with Gasteiger partial charge in [-0.05, 0) is 36.2 Å². The van der Waals surface area contributed by atoms with Crippen LogP contribution in [0.2, 0.25) is 0 Å². The molecule has 0 unspecified atom stereocenters. The van der Waals surface area contributed by atoms with Crippen molar-refractivity contribution in [2.75, 3.05) is 5.32 Å². The minimum absolute atomic E-state index is 0.00784. The lowest BCUT2D eigenvalue weighted by atomic mass is 10.1. The van der Waals surface area contributed by atoms with Gasteiger partial charge in [0.15, 0.2) is 0 Å². The number of halogens is 3. The molecule has 0 saturated heterocycles. The SMILES string of the molecule is Cc1ccccc1CNC(=O)CC(=O)Nc1cccc(C(F)(F)F)c1. The lowest BCUT2D eigenvalue weighted by molar-refractivity contribution is -0.137. The van der Waals surface area contributed by atoms with E-state index in [-0.39, 0.29) is 12.2 Å². The fourth-order valence-corrected chi connectivity index (χ4v) is 2.19. The quantitative estimate of drug-likeness (QED) is 0.809. The summed E-state index contributed by atoms with van der Waals surface area (Å²) < 4.78 is 37.9. The van der Waals surface area contributed by atoms with Crippen molar-refractivity contribution in [1.29, 1.82) is 0 Å². The second kappa shape index (κ2) is 7.83. The van der Waals surface area contributed by atoms with E-state index in [2.05, 4.69) is 10.6 Å². The highest BCUT2D eigenvalue weighted by atomic mass is 19.4. The van der Waals surface area contributed by atoms with E-state index in [4.69, 9.17) is 0 Å². The third-order valence-corrected chi connectivity index (χ3v) is 3.53. The summed E-state index contributed by atoms with van der Waals surface area (Å²) >= 11 is 0. The molecule has 0 bridgehead atoms. The van der Waals surface area contributed by atoms with Crippen molar-refractivity contribution in [3.8, 4) is 0 Å². The van der Waals surface area contributed by atoms with Gasteiger partial charge in [0.25, 0.3) is 0 Å². The molecule has 4 nitrogen and oxygen atoms in total. The lowest BCUT2D eigenvalue weighted by Crippen LogP contribution is -2.28. The third-order valence-electron chi connectivity index (χ3n) is 3.53.